The van der Waals surface area contributed by atoms with Crippen LogP contribution in [0.5, 0.6) is 0 Å². The van der Waals surface area contributed by atoms with Crippen molar-refractivity contribution in [2.24, 2.45) is 0 Å². The Bertz CT molecular complexity index is 548. The van der Waals surface area contributed by atoms with Gasteiger partial charge in [-0.05, 0) is 20.8 Å². The molecule has 0 amide bonds. The zero-order chi connectivity index (χ0) is 12.8. The van der Waals surface area contributed by atoms with E-state index in [0.29, 0.717) is 22.3 Å². The number of carbonyl (C=O) groups is 2. The molecule has 0 heterocycles. The Balaban J connectivity index is 2.71. The van der Waals surface area contributed by atoms with Crippen LogP contribution >= 0.6 is 12.6 Å². The summed E-state index contributed by atoms with van der Waals surface area (Å²) in [6, 6.07) is 6.94. The lowest BCUT2D eigenvalue weighted by Crippen LogP contribution is -2.30. The summed E-state index contributed by atoms with van der Waals surface area (Å²) in [5, 5.41) is 0. The fraction of sp³-hybridized carbons (Fsp3) is 0.286. The molecule has 0 unspecified atom stereocenters. The molecule has 2 rings (SSSR count). The Hall–Kier alpha value is -1.35. The van der Waals surface area contributed by atoms with Crippen LogP contribution in [0.2, 0.25) is 0 Å². The van der Waals surface area contributed by atoms with E-state index >= 15 is 0 Å². The molecule has 0 aliphatic heterocycles. The Labute approximate surface area is 106 Å². The highest BCUT2D eigenvalue weighted by Gasteiger charge is 2.35. The van der Waals surface area contributed by atoms with Gasteiger partial charge in [-0.25, -0.2) is 0 Å². The standard InChI is InChI=1S/C14H14O2S/c1-8-11(14(2,3)17)13(16)10-7-5-4-6-9(10)12(8)15/h4-7,17H,1-3H3. The molecule has 0 bridgehead atoms. The van der Waals surface area contributed by atoms with Crippen molar-refractivity contribution in [1.29, 1.82) is 0 Å². The first kappa shape index (κ1) is 12.1. The van der Waals surface area contributed by atoms with Gasteiger partial charge >= 0.3 is 0 Å². The minimum atomic E-state index is -0.607. The Morgan fingerprint density at radius 3 is 1.94 bits per heavy atom. The highest BCUT2D eigenvalue weighted by molar-refractivity contribution is 7.82. The summed E-state index contributed by atoms with van der Waals surface area (Å²) in [6.45, 7) is 5.35. The molecule has 3 heteroatoms. The number of Topliss-reactive ketones (excluding diaryl/α,β-unsaturated/α-hetero) is 2. The van der Waals surface area contributed by atoms with Gasteiger partial charge in [0, 0.05) is 27.0 Å². The lowest BCUT2D eigenvalue weighted by Gasteiger charge is -2.27. The van der Waals surface area contributed by atoms with E-state index in [-0.39, 0.29) is 11.6 Å². The number of rotatable bonds is 1. The average Bonchev–Trinajstić information content (AvgIpc) is 2.24. The molecule has 17 heavy (non-hydrogen) atoms. The van der Waals surface area contributed by atoms with E-state index in [4.69, 9.17) is 0 Å². The minimum absolute atomic E-state index is 0.0719. The highest BCUT2D eigenvalue weighted by Crippen LogP contribution is 2.35. The lowest BCUT2D eigenvalue weighted by atomic mass is 9.80. The number of allylic oxidation sites excluding steroid dienone is 1. The predicted molar refractivity (Wildman–Crippen MR) is 70.9 cm³/mol. The van der Waals surface area contributed by atoms with E-state index in [0.717, 1.165) is 0 Å². The molecular formula is C14H14O2S. The molecular weight excluding hydrogens is 232 g/mol. The maximum absolute atomic E-state index is 12.4. The van der Waals surface area contributed by atoms with Crippen LogP contribution in [0.15, 0.2) is 35.4 Å². The molecule has 88 valence electrons. The van der Waals surface area contributed by atoms with Gasteiger partial charge < -0.3 is 0 Å². The van der Waals surface area contributed by atoms with Crippen LogP contribution in [0.1, 0.15) is 41.5 Å². The topological polar surface area (TPSA) is 34.1 Å². The molecule has 0 aromatic heterocycles. The summed E-state index contributed by atoms with van der Waals surface area (Å²) >= 11 is 4.42. The smallest absolute Gasteiger partial charge is 0.191 e. The maximum Gasteiger partial charge on any atom is 0.191 e. The van der Waals surface area contributed by atoms with Crippen LogP contribution in [0.4, 0.5) is 0 Å². The Morgan fingerprint density at radius 2 is 1.47 bits per heavy atom. The third kappa shape index (κ3) is 1.84. The van der Waals surface area contributed by atoms with Crippen LogP contribution in [0.25, 0.3) is 0 Å². The Kier molecular flexibility index (Phi) is 2.74. The molecule has 0 saturated carbocycles. The van der Waals surface area contributed by atoms with Crippen LogP contribution in [0, 0.1) is 0 Å². The third-order valence-corrected chi connectivity index (χ3v) is 3.19. The second-order valence-corrected chi connectivity index (χ2v) is 5.88. The SMILES string of the molecule is CC1=C(C(C)(C)S)C(=O)c2ccccc2C1=O. The van der Waals surface area contributed by atoms with E-state index in [1.165, 1.54) is 0 Å². The van der Waals surface area contributed by atoms with Crippen molar-refractivity contribution in [3.63, 3.8) is 0 Å². The van der Waals surface area contributed by atoms with Crippen molar-refractivity contribution in [3.05, 3.63) is 46.5 Å². The van der Waals surface area contributed by atoms with Gasteiger partial charge in [-0.3, -0.25) is 9.59 Å². The number of ketones is 2. The van der Waals surface area contributed by atoms with Gasteiger partial charge in [-0.1, -0.05) is 24.3 Å². The molecule has 0 radical (unpaired) electrons. The lowest BCUT2D eigenvalue weighted by molar-refractivity contribution is 0.0969. The average molecular weight is 246 g/mol. The summed E-state index contributed by atoms with van der Waals surface area (Å²) in [7, 11) is 0. The van der Waals surface area contributed by atoms with Crippen molar-refractivity contribution >= 4 is 24.2 Å². The molecule has 0 atom stereocenters. The molecule has 0 N–H and O–H groups in total. The molecule has 1 aromatic carbocycles. The van der Waals surface area contributed by atoms with Crippen molar-refractivity contribution < 1.29 is 9.59 Å². The van der Waals surface area contributed by atoms with E-state index < -0.39 is 4.75 Å². The molecule has 1 aliphatic carbocycles. The summed E-state index contributed by atoms with van der Waals surface area (Å²) in [6.07, 6.45) is 0. The number of benzene rings is 1. The normalized spacial score (nSPS) is 16.2. The predicted octanol–water partition coefficient (Wildman–Crippen LogP) is 3.09. The minimum Gasteiger partial charge on any atom is -0.289 e. The van der Waals surface area contributed by atoms with Gasteiger partial charge in [0.1, 0.15) is 0 Å². The van der Waals surface area contributed by atoms with Crippen molar-refractivity contribution in [2.45, 2.75) is 25.5 Å². The number of carbonyl (C=O) groups excluding carboxylic acids is 2. The number of hydrogen-bond donors (Lipinski definition) is 1. The second kappa shape index (κ2) is 3.84. The molecule has 0 saturated heterocycles. The van der Waals surface area contributed by atoms with Gasteiger partial charge in [0.05, 0.1) is 0 Å². The number of hydrogen-bond acceptors (Lipinski definition) is 3. The van der Waals surface area contributed by atoms with Gasteiger partial charge in [0.15, 0.2) is 11.6 Å². The van der Waals surface area contributed by atoms with Crippen LogP contribution < -0.4 is 0 Å². The molecule has 0 fully saturated rings. The van der Waals surface area contributed by atoms with E-state index in [1.807, 2.05) is 13.8 Å². The number of fused-ring (bicyclic) bond motifs is 1. The fourth-order valence-electron chi connectivity index (χ4n) is 2.24. The van der Waals surface area contributed by atoms with Crippen LogP contribution in [0.3, 0.4) is 0 Å². The highest BCUT2D eigenvalue weighted by atomic mass is 32.1. The largest absolute Gasteiger partial charge is 0.289 e. The van der Waals surface area contributed by atoms with E-state index in [9.17, 15) is 9.59 Å². The fourth-order valence-corrected chi connectivity index (χ4v) is 2.51. The quantitative estimate of drug-likeness (QED) is 0.773. The summed E-state index contributed by atoms with van der Waals surface area (Å²) in [4.78, 5) is 24.5. The maximum atomic E-state index is 12.4. The molecule has 1 aliphatic rings. The van der Waals surface area contributed by atoms with Gasteiger partial charge in [0.2, 0.25) is 0 Å². The van der Waals surface area contributed by atoms with Gasteiger partial charge in [-0.2, -0.15) is 12.6 Å². The van der Waals surface area contributed by atoms with E-state index in [1.54, 1.807) is 31.2 Å². The van der Waals surface area contributed by atoms with Gasteiger partial charge in [-0.15, -0.1) is 0 Å². The second-order valence-electron chi connectivity index (χ2n) is 4.76. The first-order valence-corrected chi connectivity index (χ1v) is 5.91. The number of thiol groups is 1. The van der Waals surface area contributed by atoms with Crippen molar-refractivity contribution in [1.82, 2.24) is 0 Å². The van der Waals surface area contributed by atoms with Gasteiger partial charge in [0.25, 0.3) is 0 Å². The first-order valence-electron chi connectivity index (χ1n) is 5.46. The zero-order valence-corrected chi connectivity index (χ0v) is 11.0. The Morgan fingerprint density at radius 1 is 1.00 bits per heavy atom. The molecule has 0 spiro atoms. The summed E-state index contributed by atoms with van der Waals surface area (Å²) in [5.74, 6) is -0.157. The molecule has 1 aromatic rings. The van der Waals surface area contributed by atoms with Crippen molar-refractivity contribution in [2.75, 3.05) is 0 Å². The molecule has 2 nitrogen and oxygen atoms in total. The first-order chi connectivity index (χ1) is 7.84. The zero-order valence-electron chi connectivity index (χ0n) is 10.1. The van der Waals surface area contributed by atoms with Crippen molar-refractivity contribution in [3.8, 4) is 0 Å². The van der Waals surface area contributed by atoms with E-state index in [2.05, 4.69) is 12.6 Å². The van der Waals surface area contributed by atoms with Crippen LogP contribution in [-0.2, 0) is 0 Å². The third-order valence-electron chi connectivity index (χ3n) is 2.97. The summed E-state index contributed by atoms with van der Waals surface area (Å²) in [5.41, 5.74) is 2.00. The summed E-state index contributed by atoms with van der Waals surface area (Å²) < 4.78 is -0.607. The van der Waals surface area contributed by atoms with Crippen LogP contribution in [-0.4, -0.2) is 16.3 Å². The monoisotopic (exact) mass is 246 g/mol.